The Balaban J connectivity index is 1.44. The molecule has 0 radical (unpaired) electrons. The lowest BCUT2D eigenvalue weighted by atomic mass is 9.87. The van der Waals surface area contributed by atoms with E-state index in [1.54, 1.807) is 22.6 Å². The molecule has 152 valence electrons. The number of amides is 2. The van der Waals surface area contributed by atoms with Crippen LogP contribution in [0.1, 0.15) is 55.3 Å². The number of nitrogens with zero attached hydrogens (tertiary/aromatic N) is 4. The monoisotopic (exact) mass is 395 g/mol. The first-order valence-corrected chi connectivity index (χ1v) is 9.71. The molecule has 3 heterocycles. The fourth-order valence-corrected chi connectivity index (χ4v) is 3.41. The number of aromatic nitrogens is 3. The molecular formula is C21H25N5O3. The number of rotatable bonds is 3. The van der Waals surface area contributed by atoms with Crippen LogP contribution in [0.25, 0.3) is 11.1 Å². The predicted octanol–water partition coefficient (Wildman–Crippen LogP) is 2.61. The minimum atomic E-state index is -0.293. The van der Waals surface area contributed by atoms with E-state index < -0.39 is 0 Å². The van der Waals surface area contributed by atoms with Gasteiger partial charge in [-0.25, -0.2) is 4.98 Å². The molecule has 1 N–H and O–H groups in total. The highest BCUT2D eigenvalue weighted by Crippen LogP contribution is 2.26. The zero-order valence-electron chi connectivity index (χ0n) is 17.2. The highest BCUT2D eigenvalue weighted by Gasteiger charge is 2.22. The van der Waals surface area contributed by atoms with Crippen molar-refractivity contribution in [3.05, 3.63) is 47.1 Å². The van der Waals surface area contributed by atoms with Gasteiger partial charge in [0.25, 0.3) is 5.91 Å². The molecule has 0 bridgehead atoms. The summed E-state index contributed by atoms with van der Waals surface area (Å²) in [5.41, 5.74) is 3.87. The minimum Gasteiger partial charge on any atom is -0.439 e. The maximum absolute atomic E-state index is 12.5. The maximum atomic E-state index is 12.5. The second-order valence-electron chi connectivity index (χ2n) is 8.41. The van der Waals surface area contributed by atoms with Crippen molar-refractivity contribution in [2.45, 2.75) is 52.7 Å². The molecule has 0 fully saturated rings. The maximum Gasteiger partial charge on any atom is 0.272 e. The normalized spacial score (nSPS) is 14.1. The first-order chi connectivity index (χ1) is 13.7. The van der Waals surface area contributed by atoms with Crippen LogP contribution in [-0.2, 0) is 29.8 Å². The predicted molar refractivity (Wildman–Crippen MR) is 107 cm³/mol. The van der Waals surface area contributed by atoms with E-state index in [0.717, 1.165) is 11.2 Å². The molecule has 1 aliphatic heterocycles. The van der Waals surface area contributed by atoms with E-state index in [9.17, 15) is 9.59 Å². The number of nitrogens with one attached hydrogen (secondary N) is 1. The Labute approximate surface area is 168 Å². The minimum absolute atomic E-state index is 0.0222. The van der Waals surface area contributed by atoms with Gasteiger partial charge in [0.05, 0.1) is 25.3 Å². The second kappa shape index (κ2) is 7.02. The van der Waals surface area contributed by atoms with Crippen LogP contribution in [0.3, 0.4) is 0 Å². The lowest BCUT2D eigenvalue weighted by Gasteiger charge is -2.26. The van der Waals surface area contributed by atoms with Crippen LogP contribution >= 0.6 is 0 Å². The molecule has 2 aromatic heterocycles. The van der Waals surface area contributed by atoms with Crippen LogP contribution in [0.4, 0.5) is 0 Å². The van der Waals surface area contributed by atoms with Crippen molar-refractivity contribution in [1.82, 2.24) is 25.0 Å². The molecule has 8 heteroatoms. The van der Waals surface area contributed by atoms with E-state index >= 15 is 0 Å². The third-order valence-electron chi connectivity index (χ3n) is 5.17. The summed E-state index contributed by atoms with van der Waals surface area (Å²) in [4.78, 5) is 30.3. The lowest BCUT2D eigenvalue weighted by molar-refractivity contribution is -0.130. The largest absolute Gasteiger partial charge is 0.439 e. The summed E-state index contributed by atoms with van der Waals surface area (Å²) < 4.78 is 7.53. The van der Waals surface area contributed by atoms with Crippen LogP contribution in [0.2, 0.25) is 0 Å². The fraction of sp³-hybridized carbons (Fsp3) is 0.429. The Hall–Kier alpha value is -3.16. The SMILES string of the molecule is CC(=O)N1CCn2nc(C(=O)NCc3nc4cc(C(C)(C)C)ccc4o3)cc2C1. The topological polar surface area (TPSA) is 93.3 Å². The summed E-state index contributed by atoms with van der Waals surface area (Å²) in [5, 5.41) is 7.17. The van der Waals surface area contributed by atoms with Gasteiger partial charge >= 0.3 is 0 Å². The molecule has 0 spiro atoms. The van der Waals surface area contributed by atoms with Crippen molar-refractivity contribution in [2.24, 2.45) is 0 Å². The van der Waals surface area contributed by atoms with Gasteiger partial charge in [-0.3, -0.25) is 14.3 Å². The second-order valence-corrected chi connectivity index (χ2v) is 8.41. The lowest BCUT2D eigenvalue weighted by Crippen LogP contribution is -2.36. The molecule has 0 saturated heterocycles. The highest BCUT2D eigenvalue weighted by atomic mass is 16.3. The summed E-state index contributed by atoms with van der Waals surface area (Å²) >= 11 is 0. The third-order valence-corrected chi connectivity index (χ3v) is 5.17. The molecule has 1 aromatic carbocycles. The fourth-order valence-electron chi connectivity index (χ4n) is 3.41. The quantitative estimate of drug-likeness (QED) is 0.736. The number of carbonyl (C=O) groups is 2. The summed E-state index contributed by atoms with van der Waals surface area (Å²) in [7, 11) is 0. The molecule has 1 aliphatic rings. The summed E-state index contributed by atoms with van der Waals surface area (Å²) in [6.07, 6.45) is 0. The Morgan fingerprint density at radius 3 is 2.72 bits per heavy atom. The molecule has 0 aliphatic carbocycles. The standard InChI is InChI=1S/C21H25N5O3/c1-13(27)25-7-8-26-15(12-25)10-17(24-26)20(28)22-11-19-23-16-9-14(21(2,3)4)5-6-18(16)29-19/h5-6,9-10H,7-8,11-12H2,1-4H3,(H,22,28). The molecule has 4 rings (SSSR count). The number of benzene rings is 1. The first kappa shape index (κ1) is 19.2. The zero-order valence-corrected chi connectivity index (χ0v) is 17.2. The van der Waals surface area contributed by atoms with Crippen LogP contribution in [0, 0.1) is 0 Å². The van der Waals surface area contributed by atoms with Gasteiger partial charge in [0.1, 0.15) is 5.52 Å². The van der Waals surface area contributed by atoms with Crippen LogP contribution in [0.15, 0.2) is 28.7 Å². The van der Waals surface area contributed by atoms with Crippen molar-refractivity contribution in [2.75, 3.05) is 6.54 Å². The molecule has 2 amide bonds. The zero-order chi connectivity index (χ0) is 20.8. The van der Waals surface area contributed by atoms with Crippen molar-refractivity contribution < 1.29 is 14.0 Å². The van der Waals surface area contributed by atoms with Gasteiger partial charge in [-0.05, 0) is 29.2 Å². The van der Waals surface area contributed by atoms with E-state index in [2.05, 4.69) is 36.2 Å². The third kappa shape index (κ3) is 3.87. The Morgan fingerprint density at radius 2 is 2.00 bits per heavy atom. The molecule has 8 nitrogen and oxygen atoms in total. The van der Waals surface area contributed by atoms with Gasteiger partial charge in [-0.2, -0.15) is 5.10 Å². The van der Waals surface area contributed by atoms with Crippen molar-refractivity contribution in [1.29, 1.82) is 0 Å². The average Bonchev–Trinajstić information content (AvgIpc) is 3.27. The molecule has 29 heavy (non-hydrogen) atoms. The van der Waals surface area contributed by atoms with Crippen molar-refractivity contribution >= 4 is 22.9 Å². The van der Waals surface area contributed by atoms with Crippen LogP contribution in [0.5, 0.6) is 0 Å². The van der Waals surface area contributed by atoms with E-state index in [1.165, 1.54) is 5.56 Å². The molecule has 0 saturated carbocycles. The van der Waals surface area contributed by atoms with E-state index in [1.807, 2.05) is 18.2 Å². The number of carbonyl (C=O) groups excluding carboxylic acids is 2. The highest BCUT2D eigenvalue weighted by molar-refractivity contribution is 5.92. The van der Waals surface area contributed by atoms with E-state index in [4.69, 9.17) is 4.42 Å². The Morgan fingerprint density at radius 1 is 1.21 bits per heavy atom. The Bertz CT molecular complexity index is 1090. The average molecular weight is 395 g/mol. The van der Waals surface area contributed by atoms with Gasteiger partial charge in [0.15, 0.2) is 11.3 Å². The molecular weight excluding hydrogens is 370 g/mol. The number of hydrogen-bond donors (Lipinski definition) is 1. The van der Waals surface area contributed by atoms with Crippen LogP contribution in [-0.4, -0.2) is 38.0 Å². The molecule has 3 aromatic rings. The number of hydrogen-bond acceptors (Lipinski definition) is 5. The van der Waals surface area contributed by atoms with Crippen molar-refractivity contribution in [3.63, 3.8) is 0 Å². The first-order valence-electron chi connectivity index (χ1n) is 9.71. The van der Waals surface area contributed by atoms with Gasteiger partial charge in [-0.15, -0.1) is 0 Å². The summed E-state index contributed by atoms with van der Waals surface area (Å²) in [6.45, 7) is 9.83. The summed E-state index contributed by atoms with van der Waals surface area (Å²) in [5.74, 6) is 0.180. The van der Waals surface area contributed by atoms with Crippen molar-refractivity contribution in [3.8, 4) is 0 Å². The number of fused-ring (bicyclic) bond motifs is 2. The molecule has 0 atom stereocenters. The Kier molecular flexibility index (Phi) is 4.64. The van der Waals surface area contributed by atoms with Gasteiger partial charge < -0.3 is 14.6 Å². The van der Waals surface area contributed by atoms with Gasteiger partial charge in [-0.1, -0.05) is 26.8 Å². The smallest absolute Gasteiger partial charge is 0.272 e. The summed E-state index contributed by atoms with van der Waals surface area (Å²) in [6, 6.07) is 7.70. The van der Waals surface area contributed by atoms with E-state index in [-0.39, 0.29) is 23.8 Å². The van der Waals surface area contributed by atoms with Gasteiger partial charge in [0, 0.05) is 13.5 Å². The van der Waals surface area contributed by atoms with Gasteiger partial charge in [0.2, 0.25) is 11.8 Å². The number of oxazole rings is 1. The van der Waals surface area contributed by atoms with E-state index in [0.29, 0.717) is 36.8 Å². The molecule has 0 unspecified atom stereocenters. The van der Waals surface area contributed by atoms with Crippen LogP contribution < -0.4 is 5.32 Å².